The van der Waals surface area contributed by atoms with Crippen LogP contribution < -0.4 is 5.73 Å². The molecule has 0 atom stereocenters. The smallest absolute Gasteiger partial charge is 0.109 e. The standard InChI is InChI=1S/C12H13N3/c13-10-4-1-3-9(7-10)11-8-15-6-2-5-12(15)14-11/h1,3-4,7-8H,2,5-6,13H2. The quantitative estimate of drug-likeness (QED) is 0.714. The number of rotatable bonds is 1. The molecule has 3 nitrogen and oxygen atoms in total. The Hall–Kier alpha value is -1.77. The molecule has 76 valence electrons. The van der Waals surface area contributed by atoms with E-state index < -0.39 is 0 Å². The molecular formula is C12H13N3. The van der Waals surface area contributed by atoms with Gasteiger partial charge in [-0.2, -0.15) is 0 Å². The largest absolute Gasteiger partial charge is 0.399 e. The van der Waals surface area contributed by atoms with Crippen LogP contribution in [0.25, 0.3) is 11.3 Å². The molecule has 0 spiro atoms. The molecule has 2 heterocycles. The van der Waals surface area contributed by atoms with E-state index in [9.17, 15) is 0 Å². The van der Waals surface area contributed by atoms with Gasteiger partial charge in [-0.15, -0.1) is 0 Å². The Morgan fingerprint density at radius 2 is 2.27 bits per heavy atom. The van der Waals surface area contributed by atoms with Gasteiger partial charge in [0.2, 0.25) is 0 Å². The molecule has 0 fully saturated rings. The molecule has 0 bridgehead atoms. The Labute approximate surface area is 88.6 Å². The zero-order chi connectivity index (χ0) is 10.3. The van der Waals surface area contributed by atoms with E-state index in [1.165, 1.54) is 12.2 Å². The summed E-state index contributed by atoms with van der Waals surface area (Å²) in [6.07, 6.45) is 4.44. The monoisotopic (exact) mass is 199 g/mol. The second kappa shape index (κ2) is 3.12. The highest BCUT2D eigenvalue weighted by Gasteiger charge is 2.14. The van der Waals surface area contributed by atoms with E-state index in [0.717, 1.165) is 29.9 Å². The van der Waals surface area contributed by atoms with Crippen LogP contribution in [0, 0.1) is 0 Å². The molecule has 1 aromatic heterocycles. The minimum atomic E-state index is 0.792. The Balaban J connectivity index is 2.06. The molecule has 0 radical (unpaired) electrons. The Bertz CT molecular complexity index is 478. The van der Waals surface area contributed by atoms with Crippen molar-refractivity contribution in [2.24, 2.45) is 0 Å². The lowest BCUT2D eigenvalue weighted by molar-refractivity contribution is 0.750. The van der Waals surface area contributed by atoms with Crippen LogP contribution in [0.2, 0.25) is 0 Å². The first-order chi connectivity index (χ1) is 7.33. The van der Waals surface area contributed by atoms with E-state index in [4.69, 9.17) is 5.73 Å². The summed E-state index contributed by atoms with van der Waals surface area (Å²) < 4.78 is 2.23. The van der Waals surface area contributed by atoms with Gasteiger partial charge in [0.1, 0.15) is 5.82 Å². The Morgan fingerprint density at radius 1 is 1.33 bits per heavy atom. The molecule has 0 saturated carbocycles. The lowest BCUT2D eigenvalue weighted by Crippen LogP contribution is -1.87. The molecular weight excluding hydrogens is 186 g/mol. The molecule has 0 aliphatic carbocycles. The summed E-state index contributed by atoms with van der Waals surface area (Å²) in [6.45, 7) is 1.10. The van der Waals surface area contributed by atoms with E-state index in [1.807, 2.05) is 18.2 Å². The first-order valence-electron chi connectivity index (χ1n) is 5.25. The van der Waals surface area contributed by atoms with Crippen molar-refractivity contribution in [3.63, 3.8) is 0 Å². The van der Waals surface area contributed by atoms with Crippen LogP contribution in [0.5, 0.6) is 0 Å². The summed E-state index contributed by atoms with van der Waals surface area (Å²) in [4.78, 5) is 4.61. The van der Waals surface area contributed by atoms with Crippen LogP contribution in [0.15, 0.2) is 30.5 Å². The van der Waals surface area contributed by atoms with E-state index in [0.29, 0.717) is 0 Å². The van der Waals surface area contributed by atoms with Crippen molar-refractivity contribution in [2.75, 3.05) is 5.73 Å². The van der Waals surface area contributed by atoms with E-state index in [2.05, 4.69) is 21.8 Å². The predicted molar refractivity (Wildman–Crippen MR) is 60.4 cm³/mol. The van der Waals surface area contributed by atoms with Gasteiger partial charge in [0, 0.05) is 30.4 Å². The zero-order valence-electron chi connectivity index (χ0n) is 8.48. The molecule has 1 aromatic carbocycles. The number of hydrogen-bond acceptors (Lipinski definition) is 2. The molecule has 2 aromatic rings. The van der Waals surface area contributed by atoms with Gasteiger partial charge in [0.25, 0.3) is 0 Å². The first-order valence-corrected chi connectivity index (χ1v) is 5.25. The average Bonchev–Trinajstić information content (AvgIpc) is 2.76. The summed E-state index contributed by atoms with van der Waals surface area (Å²) in [5, 5.41) is 0. The van der Waals surface area contributed by atoms with Crippen molar-refractivity contribution in [3.05, 3.63) is 36.3 Å². The molecule has 3 rings (SSSR count). The van der Waals surface area contributed by atoms with Gasteiger partial charge in [-0.3, -0.25) is 0 Å². The lowest BCUT2D eigenvalue weighted by Gasteiger charge is -1.98. The van der Waals surface area contributed by atoms with Gasteiger partial charge >= 0.3 is 0 Å². The number of aryl methyl sites for hydroxylation is 2. The minimum Gasteiger partial charge on any atom is -0.399 e. The second-order valence-corrected chi connectivity index (χ2v) is 3.96. The van der Waals surface area contributed by atoms with Crippen LogP contribution in [-0.4, -0.2) is 9.55 Å². The highest BCUT2D eigenvalue weighted by Crippen LogP contribution is 2.23. The molecule has 1 aliphatic rings. The maximum absolute atomic E-state index is 5.75. The molecule has 0 amide bonds. The number of fused-ring (bicyclic) bond motifs is 1. The van der Waals surface area contributed by atoms with Crippen LogP contribution in [-0.2, 0) is 13.0 Å². The highest BCUT2D eigenvalue weighted by molar-refractivity contribution is 5.63. The molecule has 3 heteroatoms. The topological polar surface area (TPSA) is 43.8 Å². The van der Waals surface area contributed by atoms with E-state index in [-0.39, 0.29) is 0 Å². The zero-order valence-corrected chi connectivity index (χ0v) is 8.48. The van der Waals surface area contributed by atoms with Crippen LogP contribution >= 0.6 is 0 Å². The van der Waals surface area contributed by atoms with Gasteiger partial charge in [0.15, 0.2) is 0 Å². The maximum atomic E-state index is 5.75. The summed E-state index contributed by atoms with van der Waals surface area (Å²) in [6, 6.07) is 7.88. The van der Waals surface area contributed by atoms with E-state index in [1.54, 1.807) is 0 Å². The summed E-state index contributed by atoms with van der Waals surface area (Å²) in [5.41, 5.74) is 8.69. The number of anilines is 1. The van der Waals surface area contributed by atoms with Gasteiger partial charge < -0.3 is 10.3 Å². The summed E-state index contributed by atoms with van der Waals surface area (Å²) in [5.74, 6) is 1.20. The van der Waals surface area contributed by atoms with Crippen molar-refractivity contribution >= 4 is 5.69 Å². The maximum Gasteiger partial charge on any atom is 0.109 e. The third-order valence-electron chi connectivity index (χ3n) is 2.84. The van der Waals surface area contributed by atoms with Gasteiger partial charge in [-0.05, 0) is 18.6 Å². The van der Waals surface area contributed by atoms with Crippen LogP contribution in [0.4, 0.5) is 5.69 Å². The molecule has 15 heavy (non-hydrogen) atoms. The first kappa shape index (κ1) is 8.53. The fourth-order valence-corrected chi connectivity index (χ4v) is 2.09. The minimum absolute atomic E-state index is 0.792. The third kappa shape index (κ3) is 1.40. The van der Waals surface area contributed by atoms with Crippen molar-refractivity contribution in [1.29, 1.82) is 0 Å². The predicted octanol–water partition coefficient (Wildman–Crippen LogP) is 2.08. The molecule has 1 aliphatic heterocycles. The van der Waals surface area contributed by atoms with Crippen molar-refractivity contribution < 1.29 is 0 Å². The lowest BCUT2D eigenvalue weighted by atomic mass is 10.1. The number of aromatic nitrogens is 2. The second-order valence-electron chi connectivity index (χ2n) is 3.96. The van der Waals surface area contributed by atoms with Gasteiger partial charge in [0.05, 0.1) is 5.69 Å². The van der Waals surface area contributed by atoms with Gasteiger partial charge in [-0.1, -0.05) is 12.1 Å². The van der Waals surface area contributed by atoms with Gasteiger partial charge in [-0.25, -0.2) is 4.98 Å². The number of nitrogens with two attached hydrogens (primary N) is 1. The Kier molecular flexibility index (Phi) is 1.78. The number of benzene rings is 1. The molecule has 2 N–H and O–H groups in total. The van der Waals surface area contributed by atoms with Crippen molar-refractivity contribution in [3.8, 4) is 11.3 Å². The van der Waals surface area contributed by atoms with Crippen LogP contribution in [0.1, 0.15) is 12.2 Å². The highest BCUT2D eigenvalue weighted by atomic mass is 15.1. The summed E-state index contributed by atoms with van der Waals surface area (Å²) in [7, 11) is 0. The van der Waals surface area contributed by atoms with Crippen LogP contribution in [0.3, 0.4) is 0 Å². The number of hydrogen-bond donors (Lipinski definition) is 1. The normalized spacial score (nSPS) is 14.1. The molecule has 0 saturated heterocycles. The SMILES string of the molecule is Nc1cccc(-c2cn3c(n2)CCC3)c1. The molecule has 0 unspecified atom stereocenters. The van der Waals surface area contributed by atoms with E-state index >= 15 is 0 Å². The average molecular weight is 199 g/mol. The number of nitrogen functional groups attached to an aromatic ring is 1. The third-order valence-corrected chi connectivity index (χ3v) is 2.84. The van der Waals surface area contributed by atoms with Crippen molar-refractivity contribution in [1.82, 2.24) is 9.55 Å². The number of nitrogens with zero attached hydrogens (tertiary/aromatic N) is 2. The Morgan fingerprint density at radius 3 is 3.07 bits per heavy atom. The number of imidazole rings is 1. The fourth-order valence-electron chi connectivity index (χ4n) is 2.09. The summed E-state index contributed by atoms with van der Waals surface area (Å²) >= 11 is 0. The fraction of sp³-hybridized carbons (Fsp3) is 0.250. The van der Waals surface area contributed by atoms with Crippen molar-refractivity contribution in [2.45, 2.75) is 19.4 Å².